The second kappa shape index (κ2) is 10.1. The Morgan fingerprint density at radius 3 is 2.73 bits per heavy atom. The van der Waals surface area contributed by atoms with E-state index in [1.807, 2.05) is 44.2 Å². The maximum atomic E-state index is 12.6. The Bertz CT molecular complexity index is 468. The van der Waals surface area contributed by atoms with Crippen molar-refractivity contribution in [3.63, 3.8) is 0 Å². The molecule has 6 heteroatoms. The van der Waals surface area contributed by atoms with Crippen molar-refractivity contribution in [1.82, 2.24) is 15.1 Å². The van der Waals surface area contributed by atoms with Gasteiger partial charge in [0.1, 0.15) is 0 Å². The third kappa shape index (κ3) is 5.76. The first-order valence-corrected chi connectivity index (χ1v) is 7.30. The van der Waals surface area contributed by atoms with Crippen molar-refractivity contribution >= 4 is 30.7 Å². The summed E-state index contributed by atoms with van der Waals surface area (Å²) in [5.41, 5.74) is 1.99. The van der Waals surface area contributed by atoms with Crippen LogP contribution >= 0.6 is 24.8 Å². The van der Waals surface area contributed by atoms with Gasteiger partial charge >= 0.3 is 0 Å². The van der Waals surface area contributed by atoms with Crippen molar-refractivity contribution in [2.45, 2.75) is 25.4 Å². The van der Waals surface area contributed by atoms with Crippen LogP contribution < -0.4 is 5.32 Å². The van der Waals surface area contributed by atoms with Crippen LogP contribution in [-0.2, 0) is 6.54 Å². The molecule has 1 aliphatic heterocycles. The zero-order valence-electron chi connectivity index (χ0n) is 13.5. The van der Waals surface area contributed by atoms with Crippen molar-refractivity contribution in [1.29, 1.82) is 0 Å². The van der Waals surface area contributed by atoms with Gasteiger partial charge in [0, 0.05) is 31.2 Å². The summed E-state index contributed by atoms with van der Waals surface area (Å²) in [4.78, 5) is 16.7. The van der Waals surface area contributed by atoms with E-state index < -0.39 is 0 Å². The van der Waals surface area contributed by atoms with E-state index in [9.17, 15) is 4.79 Å². The zero-order chi connectivity index (χ0) is 14.5. The van der Waals surface area contributed by atoms with E-state index in [-0.39, 0.29) is 30.7 Å². The molecule has 1 aliphatic rings. The number of likely N-dealkylation sites (tertiary alicyclic amines) is 1. The van der Waals surface area contributed by atoms with Crippen LogP contribution in [0.1, 0.15) is 28.8 Å². The Hall–Kier alpha value is -0.810. The Morgan fingerprint density at radius 2 is 2.09 bits per heavy atom. The van der Waals surface area contributed by atoms with Crippen LogP contribution in [0.15, 0.2) is 24.3 Å². The minimum absolute atomic E-state index is 0. The molecule has 1 atom stereocenters. The Kier molecular flexibility index (Phi) is 9.69. The van der Waals surface area contributed by atoms with Crippen LogP contribution in [0.4, 0.5) is 0 Å². The van der Waals surface area contributed by atoms with Gasteiger partial charge in [-0.3, -0.25) is 4.79 Å². The van der Waals surface area contributed by atoms with Crippen molar-refractivity contribution in [3.8, 4) is 0 Å². The number of carbonyl (C=O) groups excluding carboxylic acids is 1. The van der Waals surface area contributed by atoms with Crippen LogP contribution in [0.2, 0.25) is 0 Å². The molecule has 1 fully saturated rings. The number of amides is 1. The summed E-state index contributed by atoms with van der Waals surface area (Å²) in [7, 11) is 6.05. The number of hydrogen-bond acceptors (Lipinski definition) is 3. The Labute approximate surface area is 146 Å². The molecular weight excluding hydrogens is 321 g/mol. The van der Waals surface area contributed by atoms with E-state index in [4.69, 9.17) is 0 Å². The third-order valence-electron chi connectivity index (χ3n) is 3.79. The summed E-state index contributed by atoms with van der Waals surface area (Å²) in [5, 5.41) is 3.28. The van der Waals surface area contributed by atoms with Gasteiger partial charge in [-0.15, -0.1) is 24.8 Å². The molecule has 0 radical (unpaired) electrons. The van der Waals surface area contributed by atoms with Gasteiger partial charge in [-0.25, -0.2) is 0 Å². The lowest BCUT2D eigenvalue weighted by Gasteiger charge is -2.32. The van der Waals surface area contributed by atoms with Crippen LogP contribution in [0.5, 0.6) is 0 Å². The van der Waals surface area contributed by atoms with E-state index in [0.29, 0.717) is 6.04 Å². The minimum atomic E-state index is 0. The number of piperidine rings is 1. The lowest BCUT2D eigenvalue weighted by molar-refractivity contribution is 0.0698. The number of hydrogen-bond donors (Lipinski definition) is 1. The molecule has 1 N–H and O–H groups in total. The smallest absolute Gasteiger partial charge is 0.253 e. The number of halogens is 2. The van der Waals surface area contributed by atoms with Gasteiger partial charge < -0.3 is 15.1 Å². The van der Waals surface area contributed by atoms with Crippen LogP contribution in [0.3, 0.4) is 0 Å². The Morgan fingerprint density at radius 1 is 1.36 bits per heavy atom. The molecule has 0 aliphatic carbocycles. The standard InChI is InChI=1S/C16H25N3O.2ClH/c1-17-15-8-5-9-19(12-15)16(20)14-7-4-6-13(10-14)11-18(2)3;;/h4,6-7,10,15,17H,5,8-9,11-12H2,1-3H3;2*1H. The molecule has 4 nitrogen and oxygen atoms in total. The largest absolute Gasteiger partial charge is 0.337 e. The van der Waals surface area contributed by atoms with E-state index in [2.05, 4.69) is 16.3 Å². The van der Waals surface area contributed by atoms with Gasteiger partial charge in [-0.05, 0) is 51.7 Å². The van der Waals surface area contributed by atoms with Gasteiger partial charge in [-0.2, -0.15) is 0 Å². The number of carbonyl (C=O) groups is 1. The monoisotopic (exact) mass is 347 g/mol. The number of nitrogens with zero attached hydrogens (tertiary/aromatic N) is 2. The predicted octanol–water partition coefficient (Wildman–Crippen LogP) is 2.42. The van der Waals surface area contributed by atoms with Crippen LogP contribution in [-0.4, -0.2) is 56.0 Å². The van der Waals surface area contributed by atoms with Crippen LogP contribution in [0, 0.1) is 0 Å². The van der Waals surface area contributed by atoms with Gasteiger partial charge in [0.25, 0.3) is 5.91 Å². The summed E-state index contributed by atoms with van der Waals surface area (Å²) in [5.74, 6) is 0.158. The summed E-state index contributed by atoms with van der Waals surface area (Å²) >= 11 is 0. The normalized spacial score (nSPS) is 17.6. The highest BCUT2D eigenvalue weighted by Crippen LogP contribution is 2.15. The average molecular weight is 348 g/mol. The van der Waals surface area contributed by atoms with Crippen molar-refractivity contribution < 1.29 is 4.79 Å². The molecule has 1 heterocycles. The van der Waals surface area contributed by atoms with Gasteiger partial charge in [0.2, 0.25) is 0 Å². The van der Waals surface area contributed by atoms with Gasteiger partial charge in [-0.1, -0.05) is 12.1 Å². The quantitative estimate of drug-likeness (QED) is 0.908. The number of rotatable bonds is 4. The minimum Gasteiger partial charge on any atom is -0.337 e. The first kappa shape index (κ1) is 21.2. The van der Waals surface area contributed by atoms with Crippen LogP contribution in [0.25, 0.3) is 0 Å². The molecule has 1 amide bonds. The molecule has 0 aromatic heterocycles. The molecule has 1 saturated heterocycles. The van der Waals surface area contributed by atoms with E-state index in [1.54, 1.807) is 0 Å². The molecule has 126 valence electrons. The maximum Gasteiger partial charge on any atom is 0.253 e. The first-order chi connectivity index (χ1) is 9.60. The fourth-order valence-corrected chi connectivity index (χ4v) is 2.75. The second-order valence-corrected chi connectivity index (χ2v) is 5.82. The number of benzene rings is 1. The second-order valence-electron chi connectivity index (χ2n) is 5.82. The molecule has 2 rings (SSSR count). The molecule has 0 bridgehead atoms. The van der Waals surface area contributed by atoms with Gasteiger partial charge in [0.05, 0.1) is 0 Å². The highest BCUT2D eigenvalue weighted by Gasteiger charge is 2.23. The van der Waals surface area contributed by atoms with Crippen molar-refractivity contribution in [2.24, 2.45) is 0 Å². The van der Waals surface area contributed by atoms with Gasteiger partial charge in [0.15, 0.2) is 0 Å². The zero-order valence-corrected chi connectivity index (χ0v) is 15.2. The number of nitrogens with one attached hydrogen (secondary N) is 1. The number of likely N-dealkylation sites (N-methyl/N-ethyl adjacent to an activating group) is 1. The fourth-order valence-electron chi connectivity index (χ4n) is 2.75. The van der Waals surface area contributed by atoms with E-state index in [1.165, 1.54) is 5.56 Å². The lowest BCUT2D eigenvalue weighted by Crippen LogP contribution is -2.46. The predicted molar refractivity (Wildman–Crippen MR) is 96.3 cm³/mol. The first-order valence-electron chi connectivity index (χ1n) is 7.30. The highest BCUT2D eigenvalue weighted by molar-refractivity contribution is 5.94. The molecular formula is C16H27Cl2N3O. The molecule has 0 saturated carbocycles. The molecule has 22 heavy (non-hydrogen) atoms. The molecule has 1 aromatic carbocycles. The SMILES string of the molecule is CNC1CCCN(C(=O)c2cccc(CN(C)C)c2)C1.Cl.Cl. The summed E-state index contributed by atoms with van der Waals surface area (Å²) in [6, 6.07) is 8.42. The average Bonchev–Trinajstić information content (AvgIpc) is 2.46. The fraction of sp³-hybridized carbons (Fsp3) is 0.562. The topological polar surface area (TPSA) is 35.6 Å². The lowest BCUT2D eigenvalue weighted by atomic mass is 10.0. The maximum absolute atomic E-state index is 12.6. The highest BCUT2D eigenvalue weighted by atomic mass is 35.5. The molecule has 1 aromatic rings. The third-order valence-corrected chi connectivity index (χ3v) is 3.79. The van der Waals surface area contributed by atoms with Crippen molar-refractivity contribution in [3.05, 3.63) is 35.4 Å². The van der Waals surface area contributed by atoms with Crippen molar-refractivity contribution in [2.75, 3.05) is 34.2 Å². The summed E-state index contributed by atoms with van der Waals surface area (Å²) < 4.78 is 0. The van der Waals surface area contributed by atoms with E-state index >= 15 is 0 Å². The summed E-state index contributed by atoms with van der Waals surface area (Å²) in [6.45, 7) is 2.54. The summed E-state index contributed by atoms with van der Waals surface area (Å²) in [6.07, 6.45) is 2.23. The molecule has 0 spiro atoms. The Balaban J connectivity index is 0.00000220. The molecule has 1 unspecified atom stereocenters. The van der Waals surface area contributed by atoms with E-state index in [0.717, 1.165) is 38.0 Å².